The van der Waals surface area contributed by atoms with Crippen molar-refractivity contribution in [1.82, 2.24) is 15.5 Å². The molecule has 0 spiro atoms. The highest BCUT2D eigenvalue weighted by atomic mass is 32.2. The average Bonchev–Trinajstić information content (AvgIpc) is 2.82. The van der Waals surface area contributed by atoms with Crippen molar-refractivity contribution in [1.29, 1.82) is 0 Å². The van der Waals surface area contributed by atoms with Crippen LogP contribution >= 0.6 is 11.8 Å². The molecule has 9 nitrogen and oxygen atoms in total. The minimum Gasteiger partial charge on any atom is -0.468 e. The van der Waals surface area contributed by atoms with E-state index in [-0.39, 0.29) is 12.6 Å². The molecule has 3 unspecified atom stereocenters. The number of nitrogens with zero attached hydrogens (tertiary/aromatic N) is 1. The second kappa shape index (κ2) is 14.9. The molecule has 0 heterocycles. The number of rotatable bonds is 12. The van der Waals surface area contributed by atoms with Gasteiger partial charge in [0.2, 0.25) is 11.8 Å². The second-order valence-corrected chi connectivity index (χ2v) is 11.0. The summed E-state index contributed by atoms with van der Waals surface area (Å²) >= 11 is 1.55. The lowest BCUT2D eigenvalue weighted by Gasteiger charge is -2.38. The number of hydrogen-bond acceptors (Lipinski definition) is 7. The zero-order valence-corrected chi connectivity index (χ0v) is 24.4. The third-order valence-electron chi connectivity index (χ3n) is 5.81. The maximum atomic E-state index is 14.1. The third kappa shape index (κ3) is 10.3. The van der Waals surface area contributed by atoms with Gasteiger partial charge < -0.3 is 25.0 Å². The normalized spacial score (nSPS) is 13.6. The summed E-state index contributed by atoms with van der Waals surface area (Å²) in [5.74, 6) is -0.885. The number of nitrogens with one attached hydrogen (secondary N) is 2. The second-order valence-electron chi connectivity index (χ2n) is 10.0. The Kier molecular flexibility index (Phi) is 13.0. The number of esters is 1. The Bertz CT molecular complexity index is 947. The highest BCUT2D eigenvalue weighted by Gasteiger charge is 2.39. The quantitative estimate of drug-likeness (QED) is 0.389. The fourth-order valence-electron chi connectivity index (χ4n) is 3.72. The molecule has 0 bridgehead atoms. The van der Waals surface area contributed by atoms with E-state index in [9.17, 15) is 19.2 Å². The van der Waals surface area contributed by atoms with Crippen LogP contribution in [0.25, 0.3) is 0 Å². The van der Waals surface area contributed by atoms with Crippen molar-refractivity contribution in [2.75, 3.05) is 25.7 Å². The molecule has 1 aromatic rings. The van der Waals surface area contributed by atoms with Crippen LogP contribution in [0.15, 0.2) is 18.2 Å². The van der Waals surface area contributed by atoms with Gasteiger partial charge >= 0.3 is 12.1 Å². The van der Waals surface area contributed by atoms with E-state index >= 15 is 0 Å². The predicted octanol–water partition coefficient (Wildman–Crippen LogP) is 3.91. The Morgan fingerprint density at radius 2 is 1.78 bits per heavy atom. The van der Waals surface area contributed by atoms with Crippen molar-refractivity contribution in [2.45, 2.75) is 85.0 Å². The monoisotopic (exact) mass is 537 g/mol. The summed E-state index contributed by atoms with van der Waals surface area (Å²) in [6.07, 6.45) is 2.14. The van der Waals surface area contributed by atoms with Crippen molar-refractivity contribution in [2.24, 2.45) is 0 Å². The standard InChI is InChI=1S/C27H43N3O6S/c1-10-19(4)30(25(33)21(13-14-37-9)29-26(34)36-27(5,6)7)23(24(32)28-16-22(31)35-8)20-15-17(2)11-12-18(20)3/h11-12,15,19,21,23H,10,13-14,16H2,1-9H3,(H,28,32)(H,29,34). The van der Waals surface area contributed by atoms with Gasteiger partial charge in [-0.05, 0) is 77.5 Å². The van der Waals surface area contributed by atoms with Crippen molar-refractivity contribution < 1.29 is 28.7 Å². The molecule has 1 aromatic carbocycles. The first-order chi connectivity index (χ1) is 17.2. The van der Waals surface area contributed by atoms with Crippen molar-refractivity contribution in [3.05, 3.63) is 34.9 Å². The lowest BCUT2D eigenvalue weighted by atomic mass is 9.94. The first-order valence-corrected chi connectivity index (χ1v) is 13.9. The van der Waals surface area contributed by atoms with Crippen LogP contribution in [0.3, 0.4) is 0 Å². The number of ether oxygens (including phenoxy) is 2. The van der Waals surface area contributed by atoms with Gasteiger partial charge in [0.25, 0.3) is 0 Å². The number of hydrogen-bond donors (Lipinski definition) is 2. The molecule has 0 aliphatic carbocycles. The number of thioether (sulfide) groups is 1. The number of carbonyl (C=O) groups excluding carboxylic acids is 4. The summed E-state index contributed by atoms with van der Waals surface area (Å²) in [7, 11) is 1.24. The molecule has 3 amide bonds. The molecule has 3 atom stereocenters. The van der Waals surface area contributed by atoms with Crippen LogP contribution in [0.1, 0.15) is 70.2 Å². The van der Waals surface area contributed by atoms with Crippen molar-refractivity contribution in [3.63, 3.8) is 0 Å². The Morgan fingerprint density at radius 3 is 2.32 bits per heavy atom. The molecule has 10 heteroatoms. The summed E-state index contributed by atoms with van der Waals surface area (Å²) in [6.45, 7) is 12.5. The van der Waals surface area contributed by atoms with Crippen LogP contribution in [-0.2, 0) is 23.9 Å². The van der Waals surface area contributed by atoms with Gasteiger partial charge in [0.1, 0.15) is 24.2 Å². The Labute approximate surface area is 225 Å². The number of carbonyl (C=O) groups is 4. The predicted molar refractivity (Wildman–Crippen MR) is 146 cm³/mol. The SMILES string of the molecule is CCC(C)N(C(=O)C(CCSC)NC(=O)OC(C)(C)C)C(C(=O)NCC(=O)OC)c1cc(C)ccc1C. The van der Waals surface area contributed by atoms with Crippen LogP contribution < -0.4 is 10.6 Å². The maximum absolute atomic E-state index is 14.1. The number of methoxy groups -OCH3 is 1. The smallest absolute Gasteiger partial charge is 0.408 e. The molecule has 0 saturated carbocycles. The molecule has 0 saturated heterocycles. The van der Waals surface area contributed by atoms with E-state index in [0.717, 1.165) is 11.1 Å². The van der Waals surface area contributed by atoms with Gasteiger partial charge in [-0.1, -0.05) is 30.7 Å². The zero-order chi connectivity index (χ0) is 28.3. The maximum Gasteiger partial charge on any atom is 0.408 e. The van der Waals surface area contributed by atoms with E-state index < -0.39 is 41.6 Å². The molecule has 0 aromatic heterocycles. The molecule has 0 aliphatic rings. The Balaban J connectivity index is 3.58. The Hall–Kier alpha value is -2.75. The molecular weight excluding hydrogens is 494 g/mol. The van der Waals surface area contributed by atoms with E-state index in [1.165, 1.54) is 12.0 Å². The third-order valence-corrected chi connectivity index (χ3v) is 6.45. The van der Waals surface area contributed by atoms with Gasteiger partial charge in [0.05, 0.1) is 7.11 Å². The lowest BCUT2D eigenvalue weighted by molar-refractivity contribution is -0.146. The number of aryl methyl sites for hydroxylation is 2. The van der Waals surface area contributed by atoms with Gasteiger partial charge in [-0.25, -0.2) is 4.79 Å². The first-order valence-electron chi connectivity index (χ1n) is 12.5. The Morgan fingerprint density at radius 1 is 1.14 bits per heavy atom. The average molecular weight is 538 g/mol. The topological polar surface area (TPSA) is 114 Å². The highest BCUT2D eigenvalue weighted by Crippen LogP contribution is 2.29. The molecule has 0 radical (unpaired) electrons. The fraction of sp³-hybridized carbons (Fsp3) is 0.630. The number of alkyl carbamates (subject to hydrolysis) is 1. The van der Waals surface area contributed by atoms with Crippen molar-refractivity contribution >= 4 is 35.6 Å². The van der Waals surface area contributed by atoms with Crippen LogP contribution in [-0.4, -0.2) is 72.1 Å². The molecule has 1 rings (SSSR count). The molecule has 2 N–H and O–H groups in total. The first kappa shape index (κ1) is 32.3. The molecule has 37 heavy (non-hydrogen) atoms. The lowest BCUT2D eigenvalue weighted by Crippen LogP contribution is -2.56. The van der Waals surface area contributed by atoms with Crippen LogP contribution in [0.5, 0.6) is 0 Å². The summed E-state index contributed by atoms with van der Waals surface area (Å²) in [5.41, 5.74) is 1.67. The molecule has 0 aliphatic heterocycles. The van der Waals surface area contributed by atoms with Gasteiger partial charge in [-0.15, -0.1) is 0 Å². The molecule has 208 valence electrons. The number of benzene rings is 1. The van der Waals surface area contributed by atoms with E-state index in [1.807, 2.05) is 52.1 Å². The van der Waals surface area contributed by atoms with Crippen LogP contribution in [0, 0.1) is 13.8 Å². The minimum atomic E-state index is -1.02. The highest BCUT2D eigenvalue weighted by molar-refractivity contribution is 7.98. The van der Waals surface area contributed by atoms with E-state index in [4.69, 9.17) is 4.74 Å². The van der Waals surface area contributed by atoms with Gasteiger partial charge in [-0.3, -0.25) is 14.4 Å². The minimum absolute atomic E-state index is 0.328. The van der Waals surface area contributed by atoms with E-state index in [0.29, 0.717) is 24.2 Å². The van der Waals surface area contributed by atoms with E-state index in [2.05, 4.69) is 15.4 Å². The summed E-state index contributed by atoms with van der Waals surface area (Å²) in [5, 5.41) is 5.35. The largest absolute Gasteiger partial charge is 0.468 e. The van der Waals surface area contributed by atoms with E-state index in [1.54, 1.807) is 32.5 Å². The van der Waals surface area contributed by atoms with Gasteiger partial charge in [0.15, 0.2) is 0 Å². The molecular formula is C27H43N3O6S. The summed E-state index contributed by atoms with van der Waals surface area (Å²) < 4.78 is 10.1. The number of amides is 3. The van der Waals surface area contributed by atoms with Crippen molar-refractivity contribution in [3.8, 4) is 0 Å². The zero-order valence-electron chi connectivity index (χ0n) is 23.6. The van der Waals surface area contributed by atoms with Crippen LogP contribution in [0.4, 0.5) is 4.79 Å². The molecule has 0 fully saturated rings. The van der Waals surface area contributed by atoms with Gasteiger partial charge in [0, 0.05) is 6.04 Å². The van der Waals surface area contributed by atoms with Crippen LogP contribution in [0.2, 0.25) is 0 Å². The fourth-order valence-corrected chi connectivity index (χ4v) is 4.19. The van der Waals surface area contributed by atoms with Gasteiger partial charge in [-0.2, -0.15) is 11.8 Å². The summed E-state index contributed by atoms with van der Waals surface area (Å²) in [6, 6.07) is 3.43. The summed E-state index contributed by atoms with van der Waals surface area (Å²) in [4.78, 5) is 53.7.